The molecule has 0 aromatic carbocycles. The van der Waals surface area contributed by atoms with Gasteiger partial charge in [0, 0.05) is 17.8 Å². The van der Waals surface area contributed by atoms with Crippen molar-refractivity contribution in [2.75, 3.05) is 0 Å². The van der Waals surface area contributed by atoms with E-state index in [4.69, 9.17) is 19.7 Å². The zero-order valence-corrected chi connectivity index (χ0v) is 8.28. The van der Waals surface area contributed by atoms with Crippen molar-refractivity contribution < 1.29 is 19.0 Å². The normalized spacial score (nSPS) is 56.0. The zero-order chi connectivity index (χ0) is 10.9. The van der Waals surface area contributed by atoms with Gasteiger partial charge in [-0.05, 0) is 5.53 Å². The maximum Gasteiger partial charge on any atom is 0.315 e. The van der Waals surface area contributed by atoms with Crippen LogP contribution in [0.15, 0.2) is 5.11 Å². The largest absolute Gasteiger partial charge is 0.456 e. The summed E-state index contributed by atoms with van der Waals surface area (Å²) in [6.07, 6.45) is 1.26. The first kappa shape index (κ1) is 8.81. The molecule has 16 heavy (non-hydrogen) atoms. The molecular weight excluding hydrogens is 214 g/mol. The Balaban J connectivity index is 1.65. The fourth-order valence-corrected chi connectivity index (χ4v) is 3.24. The molecule has 0 aromatic rings. The molecule has 4 aliphatic heterocycles. The highest BCUT2D eigenvalue weighted by atomic mass is 16.7. The number of ether oxygens (including phenoxy) is 3. The summed E-state index contributed by atoms with van der Waals surface area (Å²) in [5.74, 6) is -0.439. The van der Waals surface area contributed by atoms with Gasteiger partial charge in [0.15, 0.2) is 0 Å². The fraction of sp³-hybridized carbons (Fsp3) is 0.889. The van der Waals surface area contributed by atoms with Crippen LogP contribution in [-0.4, -0.2) is 42.0 Å². The molecule has 0 amide bonds. The van der Waals surface area contributed by atoms with Crippen molar-refractivity contribution in [3.63, 3.8) is 0 Å². The number of azide groups is 1. The van der Waals surface area contributed by atoms with E-state index in [1.165, 1.54) is 0 Å². The summed E-state index contributed by atoms with van der Waals surface area (Å²) in [5, 5.41) is 3.46. The first-order chi connectivity index (χ1) is 7.73. The van der Waals surface area contributed by atoms with Gasteiger partial charge in [-0.2, -0.15) is 0 Å². The van der Waals surface area contributed by atoms with Crippen LogP contribution in [-0.2, 0) is 19.0 Å². The van der Waals surface area contributed by atoms with E-state index in [-0.39, 0.29) is 24.4 Å². The van der Waals surface area contributed by atoms with Gasteiger partial charge < -0.3 is 14.2 Å². The number of rotatable bonds is 1. The van der Waals surface area contributed by atoms with E-state index >= 15 is 0 Å². The Morgan fingerprint density at radius 1 is 1.38 bits per heavy atom. The highest BCUT2D eigenvalue weighted by molar-refractivity contribution is 5.79. The molecule has 0 aliphatic carbocycles. The average molecular weight is 223 g/mol. The second-order valence-electron chi connectivity index (χ2n) is 4.78. The van der Waals surface area contributed by atoms with Gasteiger partial charge in [0.1, 0.15) is 30.0 Å². The van der Waals surface area contributed by atoms with Gasteiger partial charge >= 0.3 is 5.97 Å². The van der Waals surface area contributed by atoms with Crippen molar-refractivity contribution in [3.8, 4) is 0 Å². The molecule has 0 radical (unpaired) electrons. The number of epoxide rings is 1. The second kappa shape index (κ2) is 2.51. The van der Waals surface area contributed by atoms with Crippen molar-refractivity contribution in [1.29, 1.82) is 0 Å². The number of fused-ring (bicyclic) bond motifs is 6. The van der Waals surface area contributed by atoms with E-state index in [9.17, 15) is 4.79 Å². The van der Waals surface area contributed by atoms with Gasteiger partial charge in [0.05, 0.1) is 6.10 Å². The summed E-state index contributed by atoms with van der Waals surface area (Å²) >= 11 is 0. The molecule has 84 valence electrons. The molecule has 7 heteroatoms. The number of carbonyl (C=O) groups is 1. The molecular formula is C9H9N3O4. The summed E-state index contributed by atoms with van der Waals surface area (Å²) in [6, 6.07) is -0.704. The molecule has 6 atom stereocenters. The monoisotopic (exact) mass is 223 g/mol. The minimum Gasteiger partial charge on any atom is -0.456 e. The molecule has 4 fully saturated rings. The van der Waals surface area contributed by atoms with Crippen molar-refractivity contribution in [3.05, 3.63) is 10.4 Å². The molecule has 4 aliphatic rings. The van der Waals surface area contributed by atoms with Crippen LogP contribution in [0.25, 0.3) is 10.4 Å². The molecule has 4 heterocycles. The third-order valence-corrected chi connectivity index (χ3v) is 3.92. The Kier molecular flexibility index (Phi) is 1.38. The Bertz CT molecular complexity index is 434. The van der Waals surface area contributed by atoms with Crippen LogP contribution in [0, 0.1) is 0 Å². The van der Waals surface area contributed by atoms with Gasteiger partial charge in [-0.25, -0.2) is 0 Å². The highest BCUT2D eigenvalue weighted by Crippen LogP contribution is 2.57. The fourth-order valence-electron chi connectivity index (χ4n) is 3.24. The van der Waals surface area contributed by atoms with E-state index in [1.807, 2.05) is 0 Å². The summed E-state index contributed by atoms with van der Waals surface area (Å²) in [6.45, 7) is 0. The van der Waals surface area contributed by atoms with E-state index in [2.05, 4.69) is 10.0 Å². The predicted octanol–water partition coefficient (Wildman–Crippen LogP) is 0.289. The maximum absolute atomic E-state index is 11.5. The molecule has 4 saturated heterocycles. The summed E-state index contributed by atoms with van der Waals surface area (Å²) in [4.78, 5) is 14.2. The molecule has 0 unspecified atom stereocenters. The minimum absolute atomic E-state index is 0.0487. The van der Waals surface area contributed by atoms with E-state index in [0.717, 1.165) is 0 Å². The number of carbonyl (C=O) groups excluding carboxylic acids is 1. The Morgan fingerprint density at radius 3 is 2.94 bits per heavy atom. The summed E-state index contributed by atoms with van der Waals surface area (Å²) < 4.78 is 16.5. The Morgan fingerprint density at radius 2 is 2.25 bits per heavy atom. The van der Waals surface area contributed by atoms with Gasteiger partial charge in [-0.15, -0.1) is 0 Å². The van der Waals surface area contributed by atoms with E-state index in [1.54, 1.807) is 0 Å². The quantitative estimate of drug-likeness (QED) is 0.210. The van der Waals surface area contributed by atoms with Gasteiger partial charge in [0.25, 0.3) is 0 Å². The predicted molar refractivity (Wildman–Crippen MR) is 48.3 cm³/mol. The van der Waals surface area contributed by atoms with Crippen LogP contribution < -0.4 is 0 Å². The molecule has 4 rings (SSSR count). The molecule has 2 bridgehead atoms. The van der Waals surface area contributed by atoms with Gasteiger partial charge in [-0.1, -0.05) is 5.11 Å². The van der Waals surface area contributed by atoms with E-state index < -0.39 is 17.6 Å². The van der Waals surface area contributed by atoms with Crippen LogP contribution in [0.1, 0.15) is 12.8 Å². The van der Waals surface area contributed by atoms with Crippen LogP contribution in [0.2, 0.25) is 0 Å². The van der Waals surface area contributed by atoms with Crippen LogP contribution in [0.3, 0.4) is 0 Å². The first-order valence-electron chi connectivity index (χ1n) is 5.31. The second-order valence-corrected chi connectivity index (χ2v) is 4.78. The SMILES string of the molecule is [N-]=[N+]=N[C@H]1C[C@@]2(C[C@H]3O[C@@H]2[C@@H]2O[C@@H]23)OC1=O. The lowest BCUT2D eigenvalue weighted by Crippen LogP contribution is -2.43. The van der Waals surface area contributed by atoms with Crippen molar-refractivity contribution in [1.82, 2.24) is 0 Å². The lowest BCUT2D eigenvalue weighted by atomic mass is 9.82. The zero-order valence-electron chi connectivity index (χ0n) is 8.28. The third-order valence-electron chi connectivity index (χ3n) is 3.92. The smallest absolute Gasteiger partial charge is 0.315 e. The Labute approximate surface area is 90.3 Å². The first-order valence-corrected chi connectivity index (χ1v) is 5.31. The third kappa shape index (κ3) is 0.870. The molecule has 7 nitrogen and oxygen atoms in total. The van der Waals surface area contributed by atoms with Crippen molar-refractivity contribution >= 4 is 5.97 Å². The van der Waals surface area contributed by atoms with Crippen LogP contribution >= 0.6 is 0 Å². The lowest BCUT2D eigenvalue weighted by molar-refractivity contribution is -0.154. The summed E-state index contributed by atoms with van der Waals surface area (Å²) in [5.41, 5.74) is 7.76. The van der Waals surface area contributed by atoms with E-state index in [0.29, 0.717) is 12.8 Å². The van der Waals surface area contributed by atoms with Gasteiger partial charge in [0.2, 0.25) is 0 Å². The minimum atomic E-state index is -0.704. The highest BCUT2D eigenvalue weighted by Gasteiger charge is 2.74. The lowest BCUT2D eigenvalue weighted by Gasteiger charge is -2.27. The summed E-state index contributed by atoms with van der Waals surface area (Å²) in [7, 11) is 0. The number of esters is 1. The molecule has 0 N–H and O–H groups in total. The standard InChI is InChI=1S/C9H9N3O4/c10-12-11-3-1-9(16-8(3)13)2-4-5-6(15-5)7(9)14-4/h3-7H,1-2H2/t3-,4+,5+,6+,7+,9-/m0/s1. The number of nitrogens with zero attached hydrogens (tertiary/aromatic N) is 3. The average Bonchev–Trinajstić information content (AvgIpc) is 2.77. The Hall–Kier alpha value is -1.30. The van der Waals surface area contributed by atoms with Crippen LogP contribution in [0.4, 0.5) is 0 Å². The topological polar surface area (TPSA) is 96.8 Å². The molecule has 1 spiro atoms. The van der Waals surface area contributed by atoms with Gasteiger partial charge in [-0.3, -0.25) is 4.79 Å². The number of hydrogen-bond acceptors (Lipinski definition) is 5. The maximum atomic E-state index is 11.5. The van der Waals surface area contributed by atoms with Crippen molar-refractivity contribution in [2.45, 2.75) is 48.9 Å². The van der Waals surface area contributed by atoms with Crippen molar-refractivity contribution in [2.24, 2.45) is 5.11 Å². The number of hydrogen-bond donors (Lipinski definition) is 0. The van der Waals surface area contributed by atoms with Crippen LogP contribution in [0.5, 0.6) is 0 Å². The molecule has 0 aromatic heterocycles. The molecule has 0 saturated carbocycles.